The highest BCUT2D eigenvalue weighted by Gasteiger charge is 2.31. The van der Waals surface area contributed by atoms with E-state index in [0.29, 0.717) is 31.7 Å². The number of nitriles is 1. The molecular formula is C21H28N4O5. The van der Waals surface area contributed by atoms with Crippen LogP contribution in [0.3, 0.4) is 0 Å². The van der Waals surface area contributed by atoms with E-state index in [9.17, 15) is 14.4 Å². The molecule has 1 saturated heterocycles. The molecule has 1 aliphatic rings. The molecule has 1 atom stereocenters. The summed E-state index contributed by atoms with van der Waals surface area (Å²) in [4.78, 5) is 40.2. The van der Waals surface area contributed by atoms with Crippen molar-refractivity contribution in [1.29, 1.82) is 5.26 Å². The normalized spacial score (nSPS) is 15.0. The van der Waals surface area contributed by atoms with Gasteiger partial charge < -0.3 is 24.6 Å². The van der Waals surface area contributed by atoms with Crippen molar-refractivity contribution in [2.45, 2.75) is 38.8 Å². The zero-order chi connectivity index (χ0) is 22.3. The SMILES string of the molecule is COC(=O)N1CCN(C(=O)[C@H](Cc2ccc(C#N)cc2)NC(=O)OC(C)(C)C)CC1. The van der Waals surface area contributed by atoms with Crippen LogP contribution in [0.5, 0.6) is 0 Å². The summed E-state index contributed by atoms with van der Waals surface area (Å²) >= 11 is 0. The Morgan fingerprint density at radius 2 is 1.67 bits per heavy atom. The van der Waals surface area contributed by atoms with Gasteiger partial charge in [-0.2, -0.15) is 5.26 Å². The van der Waals surface area contributed by atoms with Crippen LogP contribution >= 0.6 is 0 Å². The van der Waals surface area contributed by atoms with Crippen molar-refractivity contribution >= 4 is 18.1 Å². The summed E-state index contributed by atoms with van der Waals surface area (Å²) in [6.45, 7) is 6.63. The second kappa shape index (κ2) is 9.96. The molecule has 0 aromatic heterocycles. The van der Waals surface area contributed by atoms with Crippen molar-refractivity contribution in [1.82, 2.24) is 15.1 Å². The molecule has 0 aliphatic carbocycles. The smallest absolute Gasteiger partial charge is 0.409 e. The fourth-order valence-corrected chi connectivity index (χ4v) is 3.06. The predicted molar refractivity (Wildman–Crippen MR) is 109 cm³/mol. The fraction of sp³-hybridized carbons (Fsp3) is 0.524. The van der Waals surface area contributed by atoms with E-state index in [1.807, 2.05) is 0 Å². The Kier molecular flexibility index (Phi) is 7.64. The minimum Gasteiger partial charge on any atom is -0.453 e. The number of hydrogen-bond acceptors (Lipinski definition) is 6. The van der Waals surface area contributed by atoms with Gasteiger partial charge in [-0.3, -0.25) is 4.79 Å². The first kappa shape index (κ1) is 23.0. The van der Waals surface area contributed by atoms with Gasteiger partial charge in [0, 0.05) is 32.6 Å². The van der Waals surface area contributed by atoms with Gasteiger partial charge in [0.1, 0.15) is 11.6 Å². The van der Waals surface area contributed by atoms with Gasteiger partial charge in [-0.05, 0) is 38.5 Å². The van der Waals surface area contributed by atoms with Crippen LogP contribution in [0.15, 0.2) is 24.3 Å². The minimum absolute atomic E-state index is 0.251. The van der Waals surface area contributed by atoms with E-state index in [-0.39, 0.29) is 12.3 Å². The maximum absolute atomic E-state index is 13.1. The molecule has 3 amide bonds. The average Bonchev–Trinajstić information content (AvgIpc) is 2.71. The molecule has 162 valence electrons. The number of alkyl carbamates (subject to hydrolysis) is 1. The van der Waals surface area contributed by atoms with Crippen LogP contribution in [0.2, 0.25) is 0 Å². The maximum Gasteiger partial charge on any atom is 0.409 e. The highest BCUT2D eigenvalue weighted by atomic mass is 16.6. The molecule has 0 spiro atoms. The van der Waals surface area contributed by atoms with Gasteiger partial charge in [0.05, 0.1) is 18.7 Å². The third-order valence-corrected chi connectivity index (χ3v) is 4.54. The number of carbonyl (C=O) groups is 3. The van der Waals surface area contributed by atoms with Crippen molar-refractivity contribution in [3.63, 3.8) is 0 Å². The van der Waals surface area contributed by atoms with E-state index in [4.69, 9.17) is 14.7 Å². The molecule has 1 aromatic carbocycles. The molecule has 0 saturated carbocycles. The van der Waals surface area contributed by atoms with Crippen molar-refractivity contribution < 1.29 is 23.9 Å². The van der Waals surface area contributed by atoms with Crippen LogP contribution in [0, 0.1) is 11.3 Å². The molecule has 30 heavy (non-hydrogen) atoms. The lowest BCUT2D eigenvalue weighted by Crippen LogP contribution is -2.56. The summed E-state index contributed by atoms with van der Waals surface area (Å²) in [5.41, 5.74) is 0.621. The van der Waals surface area contributed by atoms with Gasteiger partial charge in [-0.1, -0.05) is 12.1 Å². The second-order valence-electron chi connectivity index (χ2n) is 7.99. The monoisotopic (exact) mass is 416 g/mol. The van der Waals surface area contributed by atoms with Gasteiger partial charge >= 0.3 is 12.2 Å². The van der Waals surface area contributed by atoms with E-state index in [1.54, 1.807) is 49.9 Å². The lowest BCUT2D eigenvalue weighted by molar-refractivity contribution is -0.135. The molecule has 1 heterocycles. The van der Waals surface area contributed by atoms with Crippen LogP contribution in [0.1, 0.15) is 31.9 Å². The Balaban J connectivity index is 2.11. The third-order valence-electron chi connectivity index (χ3n) is 4.54. The van der Waals surface area contributed by atoms with Gasteiger partial charge in [0.2, 0.25) is 5.91 Å². The summed E-state index contributed by atoms with van der Waals surface area (Å²) in [5.74, 6) is -0.255. The zero-order valence-corrected chi connectivity index (χ0v) is 17.8. The maximum atomic E-state index is 13.1. The Morgan fingerprint density at radius 1 is 1.10 bits per heavy atom. The number of hydrogen-bond donors (Lipinski definition) is 1. The van der Waals surface area contributed by atoms with E-state index in [2.05, 4.69) is 11.4 Å². The van der Waals surface area contributed by atoms with Gasteiger partial charge in [-0.15, -0.1) is 0 Å². The standard InChI is InChI=1S/C21H28N4O5/c1-21(2,3)30-19(27)23-17(13-15-5-7-16(14-22)8-6-15)18(26)24-9-11-25(12-10-24)20(28)29-4/h5-8,17H,9-13H2,1-4H3,(H,23,27)/t17-/m0/s1. The highest BCUT2D eigenvalue weighted by molar-refractivity contribution is 5.86. The van der Waals surface area contributed by atoms with Gasteiger partial charge in [-0.25, -0.2) is 9.59 Å². The number of benzene rings is 1. The molecule has 0 radical (unpaired) electrons. The number of ether oxygens (including phenoxy) is 2. The molecule has 0 unspecified atom stereocenters. The number of nitrogens with zero attached hydrogens (tertiary/aromatic N) is 3. The van der Waals surface area contributed by atoms with Crippen LogP contribution in [-0.2, 0) is 20.7 Å². The van der Waals surface area contributed by atoms with Crippen molar-refractivity contribution in [2.24, 2.45) is 0 Å². The summed E-state index contributed by atoms with van der Waals surface area (Å²) in [5, 5.41) is 11.6. The number of piperazine rings is 1. The van der Waals surface area contributed by atoms with Crippen LogP contribution in [0.4, 0.5) is 9.59 Å². The second-order valence-corrected chi connectivity index (χ2v) is 7.99. The number of carbonyl (C=O) groups excluding carboxylic acids is 3. The molecule has 0 bridgehead atoms. The first-order valence-electron chi connectivity index (χ1n) is 9.73. The number of amides is 3. The lowest BCUT2D eigenvalue weighted by Gasteiger charge is -2.36. The Bertz CT molecular complexity index is 802. The predicted octanol–water partition coefficient (Wildman–Crippen LogP) is 1.90. The van der Waals surface area contributed by atoms with Crippen molar-refractivity contribution in [3.05, 3.63) is 35.4 Å². The fourth-order valence-electron chi connectivity index (χ4n) is 3.06. The zero-order valence-electron chi connectivity index (χ0n) is 17.8. The Labute approximate surface area is 176 Å². The first-order valence-corrected chi connectivity index (χ1v) is 9.73. The van der Waals surface area contributed by atoms with E-state index >= 15 is 0 Å². The minimum atomic E-state index is -0.836. The lowest BCUT2D eigenvalue weighted by atomic mass is 10.0. The molecule has 2 rings (SSSR count). The molecule has 9 nitrogen and oxygen atoms in total. The van der Waals surface area contributed by atoms with Gasteiger partial charge in [0.15, 0.2) is 0 Å². The summed E-state index contributed by atoms with van der Waals surface area (Å²) in [6, 6.07) is 8.06. The molecule has 1 N–H and O–H groups in total. The molecule has 9 heteroatoms. The largest absolute Gasteiger partial charge is 0.453 e. The van der Waals surface area contributed by atoms with Crippen LogP contribution in [-0.4, -0.2) is 72.8 Å². The van der Waals surface area contributed by atoms with E-state index in [0.717, 1.165) is 5.56 Å². The highest BCUT2D eigenvalue weighted by Crippen LogP contribution is 2.13. The molecule has 1 aliphatic heterocycles. The summed E-state index contributed by atoms with van der Waals surface area (Å²) in [7, 11) is 1.32. The van der Waals surface area contributed by atoms with Crippen LogP contribution < -0.4 is 5.32 Å². The Morgan fingerprint density at radius 3 is 2.17 bits per heavy atom. The van der Waals surface area contributed by atoms with E-state index < -0.39 is 23.8 Å². The Hall–Kier alpha value is -3.28. The molecule has 1 aromatic rings. The topological polar surface area (TPSA) is 112 Å². The van der Waals surface area contributed by atoms with Crippen molar-refractivity contribution in [2.75, 3.05) is 33.3 Å². The molecule has 1 fully saturated rings. The quantitative estimate of drug-likeness (QED) is 0.802. The first-order chi connectivity index (χ1) is 14.1. The summed E-state index contributed by atoms with van der Waals surface area (Å²) < 4.78 is 10.0. The molecular weight excluding hydrogens is 388 g/mol. The number of methoxy groups -OCH3 is 1. The van der Waals surface area contributed by atoms with Crippen molar-refractivity contribution in [3.8, 4) is 6.07 Å². The number of nitrogens with one attached hydrogen (secondary N) is 1. The van der Waals surface area contributed by atoms with Gasteiger partial charge in [0.25, 0.3) is 0 Å². The van der Waals surface area contributed by atoms with Crippen LogP contribution in [0.25, 0.3) is 0 Å². The third kappa shape index (κ3) is 6.65. The van der Waals surface area contributed by atoms with E-state index in [1.165, 1.54) is 12.0 Å². The summed E-state index contributed by atoms with van der Waals surface area (Å²) in [6.07, 6.45) is -0.855. The average molecular weight is 416 g/mol. The number of rotatable bonds is 4.